The summed E-state index contributed by atoms with van der Waals surface area (Å²) in [6.45, 7) is 0. The van der Waals surface area contributed by atoms with Gasteiger partial charge in [-0.25, -0.2) is 9.98 Å². The summed E-state index contributed by atoms with van der Waals surface area (Å²) in [6.07, 6.45) is 3.45. The van der Waals surface area contributed by atoms with E-state index in [2.05, 4.69) is 9.98 Å². The fraction of sp³-hybridized carbons (Fsp3) is 0.222. The average molecular weight is 324 g/mol. The van der Waals surface area contributed by atoms with Gasteiger partial charge < -0.3 is 21.3 Å². The van der Waals surface area contributed by atoms with E-state index in [0.717, 1.165) is 22.5 Å². The van der Waals surface area contributed by atoms with Crippen LogP contribution < -0.4 is 11.5 Å². The highest BCUT2D eigenvalue weighted by molar-refractivity contribution is 5.80. The molecule has 0 aromatic heterocycles. The molecule has 0 saturated carbocycles. The van der Waals surface area contributed by atoms with Gasteiger partial charge in [0, 0.05) is 28.2 Å². The Morgan fingerprint density at radius 2 is 1.08 bits per heavy atom. The van der Waals surface area contributed by atoms with Gasteiger partial charge in [-0.05, 0) is 35.4 Å². The number of aliphatic imine (C=N–C) groups is 2. The van der Waals surface area contributed by atoms with Crippen molar-refractivity contribution in [2.45, 2.75) is 0 Å². The van der Waals surface area contributed by atoms with E-state index in [1.807, 2.05) is 74.4 Å². The van der Waals surface area contributed by atoms with Gasteiger partial charge in [-0.1, -0.05) is 12.1 Å². The van der Waals surface area contributed by atoms with Crippen LogP contribution in [0.4, 0.5) is 22.7 Å². The van der Waals surface area contributed by atoms with Gasteiger partial charge in [-0.2, -0.15) is 0 Å². The van der Waals surface area contributed by atoms with Crippen LogP contribution in [0.15, 0.2) is 46.4 Å². The smallest absolute Gasteiger partial charge is 0.0908 e. The summed E-state index contributed by atoms with van der Waals surface area (Å²) in [7, 11) is 7.66. The SMILES string of the molecule is CN(C)C=Nc1ccc(-c2ccc(N=CN(C)C)c(N)c2)cc1N. The maximum Gasteiger partial charge on any atom is 0.0908 e. The Bertz CT molecular complexity index is 697. The van der Waals surface area contributed by atoms with Crippen molar-refractivity contribution in [3.8, 4) is 11.1 Å². The van der Waals surface area contributed by atoms with Gasteiger partial charge in [0.05, 0.1) is 35.4 Å². The quantitative estimate of drug-likeness (QED) is 0.503. The van der Waals surface area contributed by atoms with Crippen molar-refractivity contribution in [3.05, 3.63) is 36.4 Å². The van der Waals surface area contributed by atoms with Gasteiger partial charge in [-0.15, -0.1) is 0 Å². The highest BCUT2D eigenvalue weighted by atomic mass is 15.1. The zero-order valence-corrected chi connectivity index (χ0v) is 14.6. The minimum atomic E-state index is 0.624. The van der Waals surface area contributed by atoms with Crippen LogP contribution in [0.2, 0.25) is 0 Å². The predicted octanol–water partition coefficient (Wildman–Crippen LogP) is 2.96. The lowest BCUT2D eigenvalue weighted by Crippen LogP contribution is -2.07. The van der Waals surface area contributed by atoms with Crippen LogP contribution in [-0.4, -0.2) is 50.7 Å². The van der Waals surface area contributed by atoms with Crippen LogP contribution in [0.3, 0.4) is 0 Å². The Balaban J connectivity index is 2.29. The maximum atomic E-state index is 6.10. The first kappa shape index (κ1) is 17.3. The number of anilines is 2. The summed E-state index contributed by atoms with van der Waals surface area (Å²) in [5.41, 5.74) is 16.9. The third-order valence-electron chi connectivity index (χ3n) is 3.24. The molecule has 2 aromatic rings. The highest BCUT2D eigenvalue weighted by Gasteiger charge is 2.05. The number of nitrogen functional groups attached to an aromatic ring is 2. The first-order valence-corrected chi connectivity index (χ1v) is 7.57. The second-order valence-electron chi connectivity index (χ2n) is 5.96. The second kappa shape index (κ2) is 7.50. The van der Waals surface area contributed by atoms with E-state index < -0.39 is 0 Å². The molecule has 0 aliphatic heterocycles. The van der Waals surface area contributed by atoms with Crippen LogP contribution in [0.25, 0.3) is 11.1 Å². The molecule has 0 heterocycles. The fourth-order valence-electron chi connectivity index (χ4n) is 2.06. The average Bonchev–Trinajstić information content (AvgIpc) is 2.52. The Morgan fingerprint density at radius 1 is 0.708 bits per heavy atom. The maximum absolute atomic E-state index is 6.10. The molecule has 24 heavy (non-hydrogen) atoms. The number of hydrogen-bond acceptors (Lipinski definition) is 4. The summed E-state index contributed by atoms with van der Waals surface area (Å²) in [6, 6.07) is 11.6. The van der Waals surface area contributed by atoms with Crippen LogP contribution >= 0.6 is 0 Å². The number of nitrogens with zero attached hydrogens (tertiary/aromatic N) is 4. The Labute approximate surface area is 143 Å². The van der Waals surface area contributed by atoms with E-state index in [1.165, 1.54) is 0 Å². The predicted molar refractivity (Wildman–Crippen MR) is 104 cm³/mol. The molecule has 0 aliphatic rings. The van der Waals surface area contributed by atoms with E-state index in [0.29, 0.717) is 11.4 Å². The van der Waals surface area contributed by atoms with Crippen molar-refractivity contribution in [2.24, 2.45) is 9.98 Å². The van der Waals surface area contributed by atoms with Crippen LogP contribution in [0.1, 0.15) is 0 Å². The number of rotatable bonds is 5. The Hall–Kier alpha value is -3.02. The molecule has 2 rings (SSSR count). The van der Waals surface area contributed by atoms with E-state index in [4.69, 9.17) is 11.5 Å². The zero-order chi connectivity index (χ0) is 17.7. The topological polar surface area (TPSA) is 83.2 Å². The molecule has 0 unspecified atom stereocenters. The lowest BCUT2D eigenvalue weighted by molar-refractivity contribution is 0.643. The van der Waals surface area contributed by atoms with Gasteiger partial charge in [0.25, 0.3) is 0 Å². The monoisotopic (exact) mass is 324 g/mol. The highest BCUT2D eigenvalue weighted by Crippen LogP contribution is 2.32. The molecule has 0 saturated heterocycles. The molecule has 0 radical (unpaired) electrons. The fourth-order valence-corrected chi connectivity index (χ4v) is 2.06. The molecule has 126 valence electrons. The molecule has 2 aromatic carbocycles. The van der Waals surface area contributed by atoms with Crippen molar-refractivity contribution < 1.29 is 0 Å². The third kappa shape index (κ3) is 4.49. The molecular formula is C18H24N6. The molecule has 6 nitrogen and oxygen atoms in total. The van der Waals surface area contributed by atoms with Crippen molar-refractivity contribution >= 4 is 35.4 Å². The van der Waals surface area contributed by atoms with Crippen LogP contribution in [0.5, 0.6) is 0 Å². The molecule has 0 bridgehead atoms. The summed E-state index contributed by atoms with van der Waals surface area (Å²) >= 11 is 0. The van der Waals surface area contributed by atoms with Crippen molar-refractivity contribution in [1.29, 1.82) is 0 Å². The van der Waals surface area contributed by atoms with Gasteiger partial charge in [-0.3, -0.25) is 0 Å². The Morgan fingerprint density at radius 3 is 1.38 bits per heavy atom. The summed E-state index contributed by atoms with van der Waals surface area (Å²) in [5.74, 6) is 0. The molecule has 4 N–H and O–H groups in total. The standard InChI is InChI=1S/C18H24N6/c1-23(2)11-21-17-7-5-13(9-15(17)19)14-6-8-18(16(20)10-14)22-12-24(3)4/h5-12H,19-20H2,1-4H3. The van der Waals surface area contributed by atoms with E-state index in [-0.39, 0.29) is 0 Å². The van der Waals surface area contributed by atoms with Crippen molar-refractivity contribution in [3.63, 3.8) is 0 Å². The first-order chi connectivity index (χ1) is 11.4. The largest absolute Gasteiger partial charge is 0.397 e. The minimum Gasteiger partial charge on any atom is -0.397 e. The summed E-state index contributed by atoms with van der Waals surface area (Å²) < 4.78 is 0. The third-order valence-corrected chi connectivity index (χ3v) is 3.24. The molecular weight excluding hydrogens is 300 g/mol. The van der Waals surface area contributed by atoms with Crippen LogP contribution in [0, 0.1) is 0 Å². The number of nitrogens with two attached hydrogens (primary N) is 2. The lowest BCUT2D eigenvalue weighted by atomic mass is 10.0. The number of hydrogen-bond donors (Lipinski definition) is 2. The molecule has 6 heteroatoms. The van der Waals surface area contributed by atoms with Gasteiger partial charge >= 0.3 is 0 Å². The van der Waals surface area contributed by atoms with E-state index in [1.54, 1.807) is 12.7 Å². The zero-order valence-electron chi connectivity index (χ0n) is 14.6. The Kier molecular flexibility index (Phi) is 5.42. The van der Waals surface area contributed by atoms with Crippen molar-refractivity contribution in [2.75, 3.05) is 39.7 Å². The van der Waals surface area contributed by atoms with Gasteiger partial charge in [0.1, 0.15) is 0 Å². The second-order valence-corrected chi connectivity index (χ2v) is 5.96. The van der Waals surface area contributed by atoms with Crippen LogP contribution in [-0.2, 0) is 0 Å². The normalized spacial score (nSPS) is 11.3. The van der Waals surface area contributed by atoms with E-state index >= 15 is 0 Å². The van der Waals surface area contributed by atoms with E-state index in [9.17, 15) is 0 Å². The molecule has 0 atom stereocenters. The molecule has 0 fully saturated rings. The number of benzene rings is 2. The first-order valence-electron chi connectivity index (χ1n) is 7.57. The van der Waals surface area contributed by atoms with Crippen molar-refractivity contribution in [1.82, 2.24) is 9.80 Å². The summed E-state index contributed by atoms with van der Waals surface area (Å²) in [5, 5.41) is 0. The molecule has 0 aliphatic carbocycles. The lowest BCUT2D eigenvalue weighted by Gasteiger charge is -2.09. The van der Waals surface area contributed by atoms with Gasteiger partial charge in [0.2, 0.25) is 0 Å². The summed E-state index contributed by atoms with van der Waals surface area (Å²) in [4.78, 5) is 12.4. The molecule has 0 spiro atoms. The van der Waals surface area contributed by atoms with Gasteiger partial charge in [0.15, 0.2) is 0 Å². The molecule has 0 amide bonds. The minimum absolute atomic E-state index is 0.624.